The zero-order valence-corrected chi connectivity index (χ0v) is 22.4. The number of hydrogen-bond donors (Lipinski definition) is 4. The Balaban J connectivity index is 0.00000304. The van der Waals surface area contributed by atoms with Gasteiger partial charge in [-0.1, -0.05) is 0 Å². The number of anilines is 1. The van der Waals surface area contributed by atoms with Gasteiger partial charge >= 0.3 is 0 Å². The van der Waals surface area contributed by atoms with Gasteiger partial charge in [-0.15, -0.1) is 12.4 Å². The van der Waals surface area contributed by atoms with Crippen molar-refractivity contribution in [2.75, 3.05) is 23.4 Å². The van der Waals surface area contributed by atoms with Crippen molar-refractivity contribution < 1.29 is 18.6 Å². The van der Waals surface area contributed by atoms with Gasteiger partial charge in [0.2, 0.25) is 0 Å². The first-order valence-electron chi connectivity index (χ1n) is 12.4. The lowest BCUT2D eigenvalue weighted by atomic mass is 10.1. The Kier molecular flexibility index (Phi) is 8.22. The summed E-state index contributed by atoms with van der Waals surface area (Å²) in [5.41, 5.74) is 3.61. The van der Waals surface area contributed by atoms with Crippen molar-refractivity contribution in [2.45, 2.75) is 44.7 Å². The molecule has 3 aromatic rings. The second-order valence-electron chi connectivity index (χ2n) is 10.0. The Hall–Kier alpha value is -2.23. The summed E-state index contributed by atoms with van der Waals surface area (Å²) in [7, 11) is -0.317. The van der Waals surface area contributed by atoms with Gasteiger partial charge in [0.1, 0.15) is 5.75 Å². The number of ether oxygens (including phenoxy) is 1. The lowest BCUT2D eigenvalue weighted by molar-refractivity contribution is 0.102. The maximum atomic E-state index is 12.8. The highest BCUT2D eigenvalue weighted by Gasteiger charge is 2.26. The predicted octanol–water partition coefficient (Wildman–Crippen LogP) is 6.20. The predicted molar refractivity (Wildman–Crippen MR) is 150 cm³/mol. The number of rotatable bonds is 8. The zero-order valence-electron chi connectivity index (χ0n) is 20.8. The Morgan fingerprint density at radius 1 is 1.08 bits per heavy atom. The minimum absolute atomic E-state index is 0. The maximum Gasteiger partial charge on any atom is 0.255 e. The van der Waals surface area contributed by atoms with E-state index in [2.05, 4.69) is 35.2 Å². The van der Waals surface area contributed by atoms with Crippen LogP contribution in [0.1, 0.15) is 54.7 Å². The van der Waals surface area contributed by atoms with Gasteiger partial charge in [0, 0.05) is 58.5 Å². The molecule has 9 heteroatoms. The van der Waals surface area contributed by atoms with Crippen molar-refractivity contribution in [1.29, 1.82) is 0 Å². The Labute approximate surface area is 220 Å². The molecule has 2 heterocycles. The van der Waals surface area contributed by atoms with Crippen LogP contribution in [0.5, 0.6) is 5.75 Å². The average molecular weight is 534 g/mol. The number of hydrogen-bond acceptors (Lipinski definition) is 5. The van der Waals surface area contributed by atoms with Crippen LogP contribution in [0.2, 0.25) is 0 Å². The van der Waals surface area contributed by atoms with E-state index in [0.717, 1.165) is 47.5 Å². The molecule has 4 N–H and O–H groups in total. The molecule has 36 heavy (non-hydrogen) atoms. The van der Waals surface area contributed by atoms with Crippen LogP contribution in [0, 0.1) is 5.92 Å². The summed E-state index contributed by atoms with van der Waals surface area (Å²) >= 11 is 0. The van der Waals surface area contributed by atoms with Crippen molar-refractivity contribution >= 4 is 45.5 Å². The smallest absolute Gasteiger partial charge is 0.255 e. The van der Waals surface area contributed by atoms with Gasteiger partial charge in [-0.2, -0.15) is 10.6 Å². The molecule has 1 unspecified atom stereocenters. The summed E-state index contributed by atoms with van der Waals surface area (Å²) in [6.07, 6.45) is 4.06. The van der Waals surface area contributed by atoms with Crippen LogP contribution in [-0.4, -0.2) is 43.7 Å². The first-order valence-corrected chi connectivity index (χ1v) is 14.3. The summed E-state index contributed by atoms with van der Waals surface area (Å²) in [5, 5.41) is 7.73. The Morgan fingerprint density at radius 2 is 1.78 bits per heavy atom. The van der Waals surface area contributed by atoms with Crippen LogP contribution in [-0.2, 0) is 7.05 Å². The molecule has 1 aliphatic carbocycles. The topological polar surface area (TPSA) is 95.8 Å². The van der Waals surface area contributed by atoms with Gasteiger partial charge in [0.15, 0.2) is 0 Å². The van der Waals surface area contributed by atoms with E-state index in [0.29, 0.717) is 23.0 Å². The van der Waals surface area contributed by atoms with E-state index in [1.807, 2.05) is 30.3 Å². The van der Waals surface area contributed by atoms with Crippen LogP contribution in [0.25, 0.3) is 10.9 Å². The first-order chi connectivity index (χ1) is 16.8. The highest BCUT2D eigenvalue weighted by molar-refractivity contribution is 8.24. The number of benzene rings is 2. The Morgan fingerprint density at radius 3 is 2.44 bits per heavy atom. The third-order valence-corrected chi connectivity index (χ3v) is 8.93. The normalized spacial score (nSPS) is 19.3. The van der Waals surface area contributed by atoms with Crippen molar-refractivity contribution in [3.63, 3.8) is 0 Å². The molecule has 0 radical (unpaired) electrons. The fraction of sp³-hybridized carbons (Fsp3) is 0.444. The van der Waals surface area contributed by atoms with E-state index in [4.69, 9.17) is 4.74 Å². The number of aryl methyl sites for hydroxylation is 1. The van der Waals surface area contributed by atoms with E-state index < -0.39 is 10.6 Å². The average Bonchev–Trinajstić information content (AvgIpc) is 3.61. The van der Waals surface area contributed by atoms with Crippen LogP contribution < -0.4 is 15.4 Å². The number of fused-ring (bicyclic) bond motifs is 1. The van der Waals surface area contributed by atoms with E-state index in [1.165, 1.54) is 12.8 Å². The lowest BCUT2D eigenvalue weighted by Gasteiger charge is -2.40. The highest BCUT2D eigenvalue weighted by Crippen LogP contribution is 2.44. The largest absolute Gasteiger partial charge is 0.493 e. The first kappa shape index (κ1) is 26.8. The van der Waals surface area contributed by atoms with Gasteiger partial charge in [-0.25, -0.2) is 0 Å². The molecular formula is C27H36ClN3O4S. The number of carbonyl (C=O) groups is 1. The standard InChI is InChI=1S/C27H35N3O4S.ClH/c1-18(28-22-11-13-35(32,33)14-12-22)26-16-21-15-23(7-10-25(21)30(26)2)29-27(31)20-5-8-24(9-6-20)34-17-19-3-4-19;/h5-10,15-16,18-19,22,28,32-33H,3-4,11-14,17H2,1-2H3,(H,29,31);1H. The van der Waals surface area contributed by atoms with Gasteiger partial charge in [0.25, 0.3) is 5.91 Å². The molecule has 2 fully saturated rings. The van der Waals surface area contributed by atoms with E-state index in [-0.39, 0.29) is 30.4 Å². The van der Waals surface area contributed by atoms with Crippen LogP contribution in [0.3, 0.4) is 0 Å². The third kappa shape index (κ3) is 6.36. The fourth-order valence-electron chi connectivity index (χ4n) is 4.78. The molecular weight excluding hydrogens is 498 g/mol. The van der Waals surface area contributed by atoms with E-state index >= 15 is 0 Å². The number of aromatic nitrogens is 1. The van der Waals surface area contributed by atoms with Crippen molar-refractivity contribution in [3.8, 4) is 5.75 Å². The molecule has 0 bridgehead atoms. The molecule has 1 atom stereocenters. The molecule has 1 aromatic heterocycles. The van der Waals surface area contributed by atoms with Crippen LogP contribution in [0.15, 0.2) is 48.5 Å². The Bertz CT molecular complexity index is 1200. The summed E-state index contributed by atoms with van der Waals surface area (Å²) in [6.45, 7) is 2.90. The summed E-state index contributed by atoms with van der Waals surface area (Å²) < 4.78 is 27.7. The van der Waals surface area contributed by atoms with Crippen LogP contribution in [0.4, 0.5) is 5.69 Å². The zero-order chi connectivity index (χ0) is 24.6. The van der Waals surface area contributed by atoms with Gasteiger partial charge in [-0.05, 0) is 87.1 Å². The monoisotopic (exact) mass is 533 g/mol. The number of carbonyl (C=O) groups excluding carboxylic acids is 1. The molecule has 2 aliphatic rings. The van der Waals surface area contributed by atoms with E-state index in [1.54, 1.807) is 12.1 Å². The number of nitrogens with one attached hydrogen (secondary N) is 2. The molecule has 7 nitrogen and oxygen atoms in total. The van der Waals surface area contributed by atoms with Gasteiger partial charge < -0.3 is 19.9 Å². The molecule has 196 valence electrons. The minimum Gasteiger partial charge on any atom is -0.493 e. The number of nitrogens with zero attached hydrogens (tertiary/aromatic N) is 1. The molecule has 1 saturated carbocycles. The molecule has 0 spiro atoms. The molecule has 1 aliphatic heterocycles. The maximum absolute atomic E-state index is 12.8. The summed E-state index contributed by atoms with van der Waals surface area (Å²) in [4.78, 5) is 12.8. The van der Waals surface area contributed by atoms with Gasteiger partial charge in [0.05, 0.1) is 6.61 Å². The fourth-order valence-corrected chi connectivity index (χ4v) is 6.31. The highest BCUT2D eigenvalue weighted by atomic mass is 35.5. The minimum atomic E-state index is -2.37. The van der Waals surface area contributed by atoms with E-state index in [9.17, 15) is 13.9 Å². The summed E-state index contributed by atoms with van der Waals surface area (Å²) in [6, 6.07) is 15.8. The number of amides is 1. The van der Waals surface area contributed by atoms with Crippen LogP contribution >= 0.6 is 23.0 Å². The second-order valence-corrected chi connectivity index (χ2v) is 12.4. The molecule has 1 amide bonds. The number of halogens is 1. The lowest BCUT2D eigenvalue weighted by Crippen LogP contribution is -2.38. The van der Waals surface area contributed by atoms with Crippen molar-refractivity contribution in [3.05, 3.63) is 59.8 Å². The molecule has 5 rings (SSSR count). The van der Waals surface area contributed by atoms with Crippen molar-refractivity contribution in [2.24, 2.45) is 13.0 Å². The second kappa shape index (κ2) is 11.0. The van der Waals surface area contributed by atoms with Crippen molar-refractivity contribution in [1.82, 2.24) is 9.88 Å². The molecule has 2 aromatic carbocycles. The SMILES string of the molecule is CC(NC1CCS(O)(O)CC1)c1cc2cc(NC(=O)c3ccc(OCC4CC4)cc3)ccc2n1C.Cl. The van der Waals surface area contributed by atoms with Gasteiger partial charge in [-0.3, -0.25) is 13.9 Å². The third-order valence-electron chi connectivity index (χ3n) is 7.15. The molecule has 1 saturated heterocycles. The quantitative estimate of drug-likeness (QED) is 0.276. The summed E-state index contributed by atoms with van der Waals surface area (Å²) in [5.74, 6) is 2.31.